The van der Waals surface area contributed by atoms with Gasteiger partial charge in [-0.25, -0.2) is 14.4 Å². The molecule has 3 fully saturated rings. The molecule has 0 N–H and O–H groups in total. The average Bonchev–Trinajstić information content (AvgIpc) is 3.05. The summed E-state index contributed by atoms with van der Waals surface area (Å²) in [4.78, 5) is 61.3. The van der Waals surface area contributed by atoms with Crippen molar-refractivity contribution in [2.24, 2.45) is 5.92 Å². The predicted molar refractivity (Wildman–Crippen MR) is 131 cm³/mol. The minimum Gasteiger partial charge on any atom is -0.445 e. The Morgan fingerprint density at radius 2 is 1.50 bits per heavy atom. The molecule has 13 nitrogen and oxygen atoms in total. The van der Waals surface area contributed by atoms with E-state index in [-0.39, 0.29) is 25.0 Å². The summed E-state index contributed by atoms with van der Waals surface area (Å²) < 4.78 is 21.7. The van der Waals surface area contributed by atoms with E-state index in [1.54, 1.807) is 46.4 Å². The molecule has 0 aromatic rings. The summed E-state index contributed by atoms with van der Waals surface area (Å²) in [7, 11) is 1.99. The lowest BCUT2D eigenvalue weighted by Gasteiger charge is -2.51. The third kappa shape index (κ3) is 5.98. The maximum Gasteiger partial charge on any atom is 0.528 e. The normalized spacial score (nSPS) is 26.0. The number of amides is 2. The van der Waals surface area contributed by atoms with E-state index in [4.69, 9.17) is 23.8 Å². The Morgan fingerprint density at radius 3 is 2.11 bits per heavy atom. The summed E-state index contributed by atoms with van der Waals surface area (Å²) >= 11 is 0. The highest BCUT2D eigenvalue weighted by molar-refractivity contribution is 5.93. The number of ether oxygens (including phenoxy) is 4. The van der Waals surface area contributed by atoms with Crippen LogP contribution >= 0.6 is 0 Å². The molecule has 1 unspecified atom stereocenters. The zero-order chi connectivity index (χ0) is 28.0. The minimum absolute atomic E-state index is 0.0146. The topological polar surface area (TPSA) is 127 Å². The number of likely N-dealkylation sites (N-methyl/N-ethyl adjacent to an activating group) is 1. The van der Waals surface area contributed by atoms with Crippen LogP contribution in [0.1, 0.15) is 48.0 Å². The monoisotopic (exact) mass is 538 g/mol. The zero-order valence-electron chi connectivity index (χ0n) is 23.1. The molecule has 0 aromatic heterocycles. The lowest BCUT2D eigenvalue weighted by molar-refractivity contribution is -0.223. The predicted octanol–water partition coefficient (Wildman–Crippen LogP) is 2.32. The molecule has 0 aliphatic carbocycles. The molecule has 0 aromatic carbocycles. The fourth-order valence-electron chi connectivity index (χ4n) is 5.01. The van der Waals surface area contributed by atoms with Crippen LogP contribution in [0, 0.1) is 5.92 Å². The van der Waals surface area contributed by atoms with Gasteiger partial charge in [0.25, 0.3) is 5.91 Å². The Labute approximate surface area is 222 Å². The van der Waals surface area contributed by atoms with Gasteiger partial charge in [0.15, 0.2) is 0 Å². The number of carbonyl (C=O) groups is 4. The van der Waals surface area contributed by atoms with Crippen LogP contribution in [0.4, 0.5) is 14.4 Å². The van der Waals surface area contributed by atoms with Gasteiger partial charge in [0.2, 0.25) is 5.88 Å². The molecule has 212 valence electrons. The van der Waals surface area contributed by atoms with Gasteiger partial charge in [-0.3, -0.25) is 9.69 Å². The van der Waals surface area contributed by atoms with E-state index in [9.17, 15) is 19.2 Å². The van der Waals surface area contributed by atoms with Crippen LogP contribution in [0.5, 0.6) is 0 Å². The lowest BCUT2D eigenvalue weighted by atomic mass is 9.79. The fraction of sp³-hybridized carbons (Fsp3) is 0.760. The van der Waals surface area contributed by atoms with Gasteiger partial charge < -0.3 is 33.6 Å². The summed E-state index contributed by atoms with van der Waals surface area (Å²) in [6.45, 7) is 12.9. The number of hydrogen-bond donors (Lipinski definition) is 0. The summed E-state index contributed by atoms with van der Waals surface area (Å²) in [5.74, 6) is -0.642. The maximum absolute atomic E-state index is 13.2. The van der Waals surface area contributed by atoms with Crippen molar-refractivity contribution in [3.8, 4) is 0 Å². The first-order chi connectivity index (χ1) is 17.6. The van der Waals surface area contributed by atoms with Gasteiger partial charge in [-0.2, -0.15) is 0 Å². The molecule has 13 heteroatoms. The van der Waals surface area contributed by atoms with E-state index in [0.717, 1.165) is 13.1 Å². The molecule has 0 saturated carbocycles. The van der Waals surface area contributed by atoms with Gasteiger partial charge in [0, 0.05) is 44.2 Å². The van der Waals surface area contributed by atoms with E-state index < -0.39 is 47.6 Å². The van der Waals surface area contributed by atoms with Crippen LogP contribution < -0.4 is 0 Å². The number of rotatable bonds is 4. The third-order valence-corrected chi connectivity index (χ3v) is 6.70. The lowest BCUT2D eigenvalue weighted by Crippen LogP contribution is -2.72. The first-order valence-electron chi connectivity index (χ1n) is 12.9. The van der Waals surface area contributed by atoms with Crippen LogP contribution in [0.2, 0.25) is 0 Å². The molecule has 0 bridgehead atoms. The molecular weight excluding hydrogens is 500 g/mol. The summed E-state index contributed by atoms with van der Waals surface area (Å²) in [5, 5.41) is 1.32. The molecule has 0 radical (unpaired) electrons. The van der Waals surface area contributed by atoms with E-state index >= 15 is 0 Å². The van der Waals surface area contributed by atoms with Crippen molar-refractivity contribution >= 4 is 24.3 Å². The van der Waals surface area contributed by atoms with Gasteiger partial charge in [0.05, 0.1) is 6.04 Å². The first kappa shape index (κ1) is 28.0. The molecule has 4 aliphatic heterocycles. The second-order valence-electron chi connectivity index (χ2n) is 12.0. The highest BCUT2D eigenvalue weighted by Gasteiger charge is 2.65. The number of piperazine rings is 1. The van der Waals surface area contributed by atoms with Gasteiger partial charge >= 0.3 is 18.4 Å². The number of hydroxylamine groups is 2. The fourth-order valence-corrected chi connectivity index (χ4v) is 5.01. The minimum atomic E-state index is -0.966. The molecule has 4 heterocycles. The van der Waals surface area contributed by atoms with Gasteiger partial charge in [-0.15, -0.1) is 5.06 Å². The molecule has 4 rings (SSSR count). The average molecular weight is 539 g/mol. The summed E-state index contributed by atoms with van der Waals surface area (Å²) in [6, 6.07) is -1.22. The highest BCUT2D eigenvalue weighted by atomic mass is 16.8. The molecule has 2 amide bonds. The van der Waals surface area contributed by atoms with Gasteiger partial charge in [-0.05, 0) is 55.0 Å². The zero-order valence-corrected chi connectivity index (χ0v) is 23.1. The largest absolute Gasteiger partial charge is 0.528 e. The van der Waals surface area contributed by atoms with Crippen molar-refractivity contribution in [1.29, 1.82) is 0 Å². The van der Waals surface area contributed by atoms with Crippen LogP contribution in [-0.4, -0.2) is 114 Å². The van der Waals surface area contributed by atoms with Crippen molar-refractivity contribution in [3.05, 3.63) is 11.5 Å². The smallest absolute Gasteiger partial charge is 0.445 e. The maximum atomic E-state index is 13.2. The van der Waals surface area contributed by atoms with Crippen molar-refractivity contribution in [2.75, 3.05) is 46.4 Å². The number of carbonyl (C=O) groups excluding carboxylic acids is 4. The molecule has 4 aliphatic rings. The molecule has 3 atom stereocenters. The highest BCUT2D eigenvalue weighted by Crippen LogP contribution is 2.49. The first-order valence-corrected chi connectivity index (χ1v) is 12.9. The summed E-state index contributed by atoms with van der Waals surface area (Å²) in [5.41, 5.74) is -1.04. The van der Waals surface area contributed by atoms with Crippen molar-refractivity contribution in [2.45, 2.75) is 71.2 Å². The summed E-state index contributed by atoms with van der Waals surface area (Å²) in [6.07, 6.45) is -1.87. The van der Waals surface area contributed by atoms with Crippen molar-refractivity contribution in [3.63, 3.8) is 0 Å². The SMILES string of the molecule is CN1CCN(C(=O)OCC2=C(OC(=O)OC(C)(C)C)N3C(=O)[C@@H]4[C@H]3C2CCN4OC(=O)OC(C)(C)C)CC1. The van der Waals surface area contributed by atoms with Gasteiger partial charge in [-0.1, -0.05) is 0 Å². The van der Waals surface area contributed by atoms with Crippen LogP contribution in [0.3, 0.4) is 0 Å². The van der Waals surface area contributed by atoms with E-state index in [1.807, 2.05) is 7.05 Å². The second-order valence-corrected chi connectivity index (χ2v) is 12.0. The van der Waals surface area contributed by atoms with Crippen LogP contribution in [-0.2, 0) is 28.6 Å². The molecular formula is C25H38N4O9. The molecule has 38 heavy (non-hydrogen) atoms. The van der Waals surface area contributed by atoms with Crippen molar-refractivity contribution < 1.29 is 43.0 Å². The Morgan fingerprint density at radius 1 is 0.895 bits per heavy atom. The van der Waals surface area contributed by atoms with E-state index in [1.165, 1.54) is 9.96 Å². The molecule has 0 spiro atoms. The number of β-lactam (4-membered cyclic amide) rings is 1. The third-order valence-electron chi connectivity index (χ3n) is 6.70. The number of piperidine rings is 1. The number of hydrogen-bond acceptors (Lipinski definition) is 11. The quantitative estimate of drug-likeness (QED) is 0.297. The molecule has 3 saturated heterocycles. The van der Waals surface area contributed by atoms with Crippen LogP contribution in [0.25, 0.3) is 0 Å². The van der Waals surface area contributed by atoms with E-state index in [2.05, 4.69) is 4.90 Å². The standard InChI is InChI=1S/C25H38N4O9/c1-24(2,3)36-22(32)35-20-16(14-34-21(31)27-12-10-26(7)11-13-27)15-8-9-28(18-17(15)29(20)19(18)30)38-23(33)37-25(4,5)6/h15,17-18H,8-14H2,1-7H3/t15?,17-,18+/m1/s1. The Balaban J connectivity index is 1.50. The second kappa shape index (κ2) is 10.3. The number of nitrogens with zero attached hydrogens (tertiary/aromatic N) is 4. The van der Waals surface area contributed by atoms with E-state index in [0.29, 0.717) is 25.1 Å². The Bertz CT molecular complexity index is 1010. The Kier molecular flexibility index (Phi) is 7.54. The van der Waals surface area contributed by atoms with Crippen LogP contribution in [0.15, 0.2) is 11.5 Å². The van der Waals surface area contributed by atoms with Gasteiger partial charge in [0.1, 0.15) is 23.9 Å². The van der Waals surface area contributed by atoms with Crippen molar-refractivity contribution in [1.82, 2.24) is 19.8 Å². The Hall–Kier alpha value is -3.06.